The topological polar surface area (TPSA) is 48.4 Å². The van der Waals surface area contributed by atoms with E-state index in [1.807, 2.05) is 25.1 Å². The highest BCUT2D eigenvalue weighted by atomic mass is 16.5. The van der Waals surface area contributed by atoms with Gasteiger partial charge in [-0.2, -0.15) is 0 Å². The van der Waals surface area contributed by atoms with E-state index in [9.17, 15) is 4.79 Å². The van der Waals surface area contributed by atoms with Crippen LogP contribution in [0.4, 0.5) is 0 Å². The lowest BCUT2D eigenvalue weighted by Crippen LogP contribution is -2.03. The van der Waals surface area contributed by atoms with Gasteiger partial charge < -0.3 is 9.47 Å². The van der Waals surface area contributed by atoms with Gasteiger partial charge in [-0.25, -0.2) is 9.78 Å². The van der Waals surface area contributed by atoms with Crippen molar-refractivity contribution >= 4 is 5.97 Å². The average molecular weight is 281 g/mol. The molecule has 2 aromatic rings. The first kappa shape index (κ1) is 14.6. The normalized spacial score (nSPS) is 9.43. The molecule has 0 N–H and O–H groups in total. The molecule has 106 valence electrons. The lowest BCUT2D eigenvalue weighted by molar-refractivity contribution is 0.0600. The molecule has 0 bridgehead atoms. The lowest BCUT2D eigenvalue weighted by Gasteiger charge is -2.07. The van der Waals surface area contributed by atoms with Crippen molar-refractivity contribution in [2.75, 3.05) is 13.7 Å². The number of benzene rings is 1. The van der Waals surface area contributed by atoms with E-state index in [0.717, 1.165) is 0 Å². The first-order valence-corrected chi connectivity index (χ1v) is 6.52. The van der Waals surface area contributed by atoms with Crippen LogP contribution in [-0.2, 0) is 4.74 Å². The Morgan fingerprint density at radius 2 is 2.10 bits per heavy atom. The van der Waals surface area contributed by atoms with Crippen LogP contribution < -0.4 is 4.74 Å². The van der Waals surface area contributed by atoms with Crippen molar-refractivity contribution in [2.45, 2.75) is 6.92 Å². The average Bonchev–Trinajstić information content (AvgIpc) is 2.54. The summed E-state index contributed by atoms with van der Waals surface area (Å²) in [6.45, 7) is 2.42. The minimum Gasteiger partial charge on any atom is -0.493 e. The highest BCUT2D eigenvalue weighted by Crippen LogP contribution is 2.20. The summed E-state index contributed by atoms with van der Waals surface area (Å²) >= 11 is 0. The van der Waals surface area contributed by atoms with E-state index in [2.05, 4.69) is 16.8 Å². The molecule has 0 aliphatic carbocycles. The SMILES string of the molecule is CCOc1ccc(C(=O)OC)cc1C#Cc1ccccn1. The third-order valence-electron chi connectivity index (χ3n) is 2.69. The van der Waals surface area contributed by atoms with Gasteiger partial charge in [0.2, 0.25) is 0 Å². The second-order valence-corrected chi connectivity index (χ2v) is 4.10. The fourth-order valence-electron chi connectivity index (χ4n) is 1.72. The van der Waals surface area contributed by atoms with Crippen LogP contribution in [0, 0.1) is 11.8 Å². The molecule has 0 aliphatic heterocycles. The second kappa shape index (κ2) is 7.11. The minimum atomic E-state index is -0.404. The van der Waals surface area contributed by atoms with Crippen molar-refractivity contribution in [2.24, 2.45) is 0 Å². The van der Waals surface area contributed by atoms with Gasteiger partial charge in [0.05, 0.1) is 24.8 Å². The van der Waals surface area contributed by atoms with Crippen LogP contribution in [0.1, 0.15) is 28.5 Å². The van der Waals surface area contributed by atoms with Crippen LogP contribution in [0.25, 0.3) is 0 Å². The number of esters is 1. The molecule has 2 rings (SSSR count). The molecule has 0 aliphatic rings. The van der Waals surface area contributed by atoms with E-state index in [1.54, 1.807) is 24.4 Å². The maximum absolute atomic E-state index is 11.6. The Hall–Kier alpha value is -2.80. The van der Waals surface area contributed by atoms with E-state index < -0.39 is 5.97 Å². The van der Waals surface area contributed by atoms with Crippen molar-refractivity contribution in [1.82, 2.24) is 4.98 Å². The summed E-state index contributed by atoms with van der Waals surface area (Å²) in [5, 5.41) is 0. The summed E-state index contributed by atoms with van der Waals surface area (Å²) in [4.78, 5) is 15.7. The lowest BCUT2D eigenvalue weighted by atomic mass is 10.1. The molecule has 1 heterocycles. The molecule has 0 fully saturated rings. The number of pyridine rings is 1. The van der Waals surface area contributed by atoms with E-state index in [0.29, 0.717) is 29.2 Å². The standard InChI is InChI=1S/C17H15NO3/c1-3-21-16-10-8-14(17(19)20-2)12-13(16)7-9-15-6-4-5-11-18-15/h4-6,8,10-12H,3H2,1-2H3. The van der Waals surface area contributed by atoms with Crippen molar-refractivity contribution in [3.8, 4) is 17.6 Å². The van der Waals surface area contributed by atoms with Gasteiger partial charge in [-0.05, 0) is 43.2 Å². The number of hydrogen-bond donors (Lipinski definition) is 0. The number of carbonyl (C=O) groups is 1. The summed E-state index contributed by atoms with van der Waals surface area (Å²) in [6, 6.07) is 10.5. The third-order valence-corrected chi connectivity index (χ3v) is 2.69. The van der Waals surface area contributed by atoms with E-state index in [1.165, 1.54) is 7.11 Å². The number of carbonyl (C=O) groups excluding carboxylic acids is 1. The summed E-state index contributed by atoms with van der Waals surface area (Å²) in [7, 11) is 1.35. The summed E-state index contributed by atoms with van der Waals surface area (Å²) in [6.07, 6.45) is 1.68. The summed E-state index contributed by atoms with van der Waals surface area (Å²) in [5.41, 5.74) is 1.72. The van der Waals surface area contributed by atoms with E-state index in [-0.39, 0.29) is 0 Å². The Morgan fingerprint density at radius 3 is 2.76 bits per heavy atom. The fourth-order valence-corrected chi connectivity index (χ4v) is 1.72. The molecule has 0 spiro atoms. The second-order valence-electron chi connectivity index (χ2n) is 4.10. The van der Waals surface area contributed by atoms with Crippen molar-refractivity contribution in [3.63, 3.8) is 0 Å². The summed E-state index contributed by atoms with van der Waals surface area (Å²) < 4.78 is 10.2. The van der Waals surface area contributed by atoms with Gasteiger partial charge in [-0.1, -0.05) is 12.0 Å². The molecule has 4 nitrogen and oxygen atoms in total. The van der Waals surface area contributed by atoms with Crippen LogP contribution in [-0.4, -0.2) is 24.7 Å². The van der Waals surface area contributed by atoms with Crippen LogP contribution in [0.15, 0.2) is 42.6 Å². The maximum atomic E-state index is 11.6. The number of methoxy groups -OCH3 is 1. The fraction of sp³-hybridized carbons (Fsp3) is 0.176. The van der Waals surface area contributed by atoms with Crippen LogP contribution in [0.2, 0.25) is 0 Å². The Balaban J connectivity index is 2.39. The summed E-state index contributed by atoms with van der Waals surface area (Å²) in [5.74, 6) is 6.17. The maximum Gasteiger partial charge on any atom is 0.337 e. The largest absolute Gasteiger partial charge is 0.493 e. The van der Waals surface area contributed by atoms with Crippen LogP contribution in [0.5, 0.6) is 5.75 Å². The van der Waals surface area contributed by atoms with Gasteiger partial charge in [0, 0.05) is 6.20 Å². The third kappa shape index (κ3) is 3.83. The molecular formula is C17H15NO3. The smallest absolute Gasteiger partial charge is 0.337 e. The van der Waals surface area contributed by atoms with Gasteiger partial charge in [-0.3, -0.25) is 0 Å². The minimum absolute atomic E-state index is 0.404. The molecule has 1 aromatic carbocycles. The van der Waals surface area contributed by atoms with E-state index in [4.69, 9.17) is 9.47 Å². The van der Waals surface area contributed by atoms with Gasteiger partial charge in [-0.15, -0.1) is 0 Å². The molecule has 0 unspecified atom stereocenters. The number of nitrogens with zero attached hydrogens (tertiary/aromatic N) is 1. The Kier molecular flexibility index (Phi) is 4.94. The van der Waals surface area contributed by atoms with Crippen LogP contribution >= 0.6 is 0 Å². The molecule has 1 aromatic heterocycles. The number of aromatic nitrogens is 1. The van der Waals surface area contributed by atoms with Crippen molar-refractivity contribution in [3.05, 3.63) is 59.4 Å². The quantitative estimate of drug-likeness (QED) is 0.641. The number of ether oxygens (including phenoxy) is 2. The highest BCUT2D eigenvalue weighted by molar-refractivity contribution is 5.90. The number of hydrogen-bond acceptors (Lipinski definition) is 4. The van der Waals surface area contributed by atoms with Crippen molar-refractivity contribution < 1.29 is 14.3 Å². The van der Waals surface area contributed by atoms with Gasteiger partial charge in [0.15, 0.2) is 0 Å². The molecule has 0 radical (unpaired) electrons. The zero-order valence-corrected chi connectivity index (χ0v) is 11.9. The first-order chi connectivity index (χ1) is 10.2. The molecule has 0 amide bonds. The predicted octanol–water partition coefficient (Wildman–Crippen LogP) is 2.67. The van der Waals surface area contributed by atoms with E-state index >= 15 is 0 Å². The molecule has 4 heteroatoms. The molecule has 0 atom stereocenters. The predicted molar refractivity (Wildman–Crippen MR) is 79.2 cm³/mol. The Morgan fingerprint density at radius 1 is 1.24 bits per heavy atom. The van der Waals surface area contributed by atoms with Gasteiger partial charge >= 0.3 is 5.97 Å². The van der Waals surface area contributed by atoms with Gasteiger partial charge in [0.25, 0.3) is 0 Å². The Labute approximate surface area is 123 Å². The highest BCUT2D eigenvalue weighted by Gasteiger charge is 2.09. The number of rotatable bonds is 3. The molecule has 0 saturated carbocycles. The van der Waals surface area contributed by atoms with Gasteiger partial charge in [0.1, 0.15) is 11.4 Å². The Bertz CT molecular complexity index is 684. The van der Waals surface area contributed by atoms with Crippen molar-refractivity contribution in [1.29, 1.82) is 0 Å². The molecule has 21 heavy (non-hydrogen) atoms. The monoisotopic (exact) mass is 281 g/mol. The zero-order valence-electron chi connectivity index (χ0n) is 11.9. The molecule has 0 saturated heterocycles. The zero-order chi connectivity index (χ0) is 15.1. The van der Waals surface area contributed by atoms with Crippen LogP contribution in [0.3, 0.4) is 0 Å². The molecular weight excluding hydrogens is 266 g/mol. The first-order valence-electron chi connectivity index (χ1n) is 6.52.